The second-order valence-corrected chi connectivity index (χ2v) is 5.39. The average molecular weight is 182 g/mol. The first-order valence-electron chi connectivity index (χ1n) is 5.45. The van der Waals surface area contributed by atoms with Crippen molar-refractivity contribution in [2.45, 2.75) is 43.8 Å². The standard InChI is InChI=1S/C11H18O2/c1-13-10-8-2-7-3-9(10)6-11(12,4-7)5-8/h7-10,12H,2-6H2,1H3. The van der Waals surface area contributed by atoms with Crippen molar-refractivity contribution < 1.29 is 9.84 Å². The highest BCUT2D eigenvalue weighted by molar-refractivity contribution is 5.06. The minimum absolute atomic E-state index is 0.300. The molecule has 4 saturated carbocycles. The zero-order valence-corrected chi connectivity index (χ0v) is 8.20. The smallest absolute Gasteiger partial charge is 0.0657 e. The summed E-state index contributed by atoms with van der Waals surface area (Å²) in [6.45, 7) is 0. The third-order valence-corrected chi connectivity index (χ3v) is 4.43. The van der Waals surface area contributed by atoms with E-state index in [2.05, 4.69) is 0 Å². The van der Waals surface area contributed by atoms with Gasteiger partial charge >= 0.3 is 0 Å². The van der Waals surface area contributed by atoms with E-state index in [1.807, 2.05) is 7.11 Å². The van der Waals surface area contributed by atoms with Gasteiger partial charge in [0.05, 0.1) is 11.7 Å². The second kappa shape index (κ2) is 2.48. The molecule has 13 heavy (non-hydrogen) atoms. The lowest BCUT2D eigenvalue weighted by Crippen LogP contribution is -2.57. The summed E-state index contributed by atoms with van der Waals surface area (Å²) in [5.41, 5.74) is -0.300. The Labute approximate surface area is 79.3 Å². The zero-order valence-electron chi connectivity index (χ0n) is 8.20. The van der Waals surface area contributed by atoms with Crippen LogP contribution < -0.4 is 0 Å². The molecule has 1 N–H and O–H groups in total. The molecule has 4 rings (SSSR count). The molecule has 0 amide bonds. The van der Waals surface area contributed by atoms with Gasteiger partial charge in [0.15, 0.2) is 0 Å². The number of ether oxygens (including phenoxy) is 1. The lowest BCUT2D eigenvalue weighted by atomic mass is 9.53. The molecule has 0 saturated heterocycles. The Kier molecular flexibility index (Phi) is 1.58. The fraction of sp³-hybridized carbons (Fsp3) is 1.00. The second-order valence-electron chi connectivity index (χ2n) is 5.39. The maximum Gasteiger partial charge on any atom is 0.0657 e. The number of hydrogen-bond donors (Lipinski definition) is 1. The van der Waals surface area contributed by atoms with Crippen LogP contribution >= 0.6 is 0 Å². The first kappa shape index (κ1) is 8.25. The lowest BCUT2D eigenvalue weighted by molar-refractivity contribution is -0.183. The fourth-order valence-electron chi connectivity index (χ4n) is 4.32. The van der Waals surface area contributed by atoms with Gasteiger partial charge < -0.3 is 9.84 Å². The summed E-state index contributed by atoms with van der Waals surface area (Å²) in [6.07, 6.45) is 6.12. The van der Waals surface area contributed by atoms with E-state index < -0.39 is 0 Å². The normalized spacial score (nSPS) is 58.6. The highest BCUT2D eigenvalue weighted by atomic mass is 16.5. The first-order valence-corrected chi connectivity index (χ1v) is 5.45. The maximum absolute atomic E-state index is 10.3. The fourth-order valence-corrected chi connectivity index (χ4v) is 4.32. The monoisotopic (exact) mass is 182 g/mol. The molecule has 0 spiro atoms. The summed E-state index contributed by atoms with van der Waals surface area (Å²) in [5.74, 6) is 2.11. The molecule has 4 bridgehead atoms. The van der Waals surface area contributed by atoms with Crippen LogP contribution in [0.25, 0.3) is 0 Å². The van der Waals surface area contributed by atoms with Crippen LogP contribution in [0.1, 0.15) is 32.1 Å². The van der Waals surface area contributed by atoms with Crippen LogP contribution in [0.4, 0.5) is 0 Å². The van der Waals surface area contributed by atoms with E-state index in [9.17, 15) is 5.11 Å². The summed E-state index contributed by atoms with van der Waals surface area (Å²) < 4.78 is 5.56. The third kappa shape index (κ3) is 1.08. The molecule has 74 valence electrons. The Balaban J connectivity index is 1.90. The summed E-state index contributed by atoms with van der Waals surface area (Å²) in [7, 11) is 1.83. The molecule has 4 aliphatic carbocycles. The van der Waals surface area contributed by atoms with Gasteiger partial charge in [-0.3, -0.25) is 0 Å². The molecule has 0 aliphatic heterocycles. The molecule has 0 heterocycles. The van der Waals surface area contributed by atoms with Gasteiger partial charge in [-0.2, -0.15) is 0 Å². The SMILES string of the molecule is COC1C2CC3CC1CC(O)(C3)C2. The van der Waals surface area contributed by atoms with Crippen LogP contribution in [-0.2, 0) is 4.74 Å². The van der Waals surface area contributed by atoms with E-state index >= 15 is 0 Å². The maximum atomic E-state index is 10.3. The van der Waals surface area contributed by atoms with Gasteiger partial charge in [0, 0.05) is 7.11 Å². The summed E-state index contributed by atoms with van der Waals surface area (Å²) in [6, 6.07) is 0. The molecule has 0 aromatic rings. The van der Waals surface area contributed by atoms with Crippen molar-refractivity contribution in [3.8, 4) is 0 Å². The van der Waals surface area contributed by atoms with Crippen LogP contribution in [-0.4, -0.2) is 23.9 Å². The molecule has 0 aromatic carbocycles. The van der Waals surface area contributed by atoms with Crippen LogP contribution in [0.3, 0.4) is 0 Å². The molecule has 2 atom stereocenters. The Hall–Kier alpha value is -0.0800. The van der Waals surface area contributed by atoms with E-state index in [0.717, 1.165) is 25.2 Å². The molecule has 2 nitrogen and oxygen atoms in total. The number of rotatable bonds is 1. The third-order valence-electron chi connectivity index (χ3n) is 4.43. The van der Waals surface area contributed by atoms with Crippen LogP contribution in [0, 0.1) is 17.8 Å². The Morgan fingerprint density at radius 1 is 1.15 bits per heavy atom. The zero-order chi connectivity index (χ0) is 9.05. The number of methoxy groups -OCH3 is 1. The Morgan fingerprint density at radius 3 is 2.23 bits per heavy atom. The molecule has 2 unspecified atom stereocenters. The minimum atomic E-state index is -0.300. The van der Waals surface area contributed by atoms with Crippen molar-refractivity contribution in [3.05, 3.63) is 0 Å². The van der Waals surface area contributed by atoms with Crippen LogP contribution in [0.5, 0.6) is 0 Å². The highest BCUT2D eigenvalue weighted by Gasteiger charge is 2.54. The van der Waals surface area contributed by atoms with Crippen LogP contribution in [0.15, 0.2) is 0 Å². The highest BCUT2D eigenvalue weighted by Crippen LogP contribution is 2.56. The van der Waals surface area contributed by atoms with E-state index in [-0.39, 0.29) is 5.60 Å². The van der Waals surface area contributed by atoms with E-state index in [0.29, 0.717) is 17.9 Å². The Morgan fingerprint density at radius 2 is 1.77 bits per heavy atom. The number of aliphatic hydroxyl groups is 1. The number of hydrogen-bond acceptors (Lipinski definition) is 2. The summed E-state index contributed by atoms with van der Waals surface area (Å²) >= 11 is 0. The Bertz CT molecular complexity index is 210. The largest absolute Gasteiger partial charge is 0.390 e. The lowest BCUT2D eigenvalue weighted by Gasteiger charge is -2.57. The topological polar surface area (TPSA) is 29.5 Å². The van der Waals surface area contributed by atoms with Crippen molar-refractivity contribution in [1.82, 2.24) is 0 Å². The van der Waals surface area contributed by atoms with E-state index in [4.69, 9.17) is 4.74 Å². The van der Waals surface area contributed by atoms with Crippen molar-refractivity contribution in [3.63, 3.8) is 0 Å². The van der Waals surface area contributed by atoms with Gasteiger partial charge in [-0.1, -0.05) is 0 Å². The molecule has 4 aliphatic rings. The molecule has 4 fully saturated rings. The molecular weight excluding hydrogens is 164 g/mol. The predicted octanol–water partition coefficient (Wildman–Crippen LogP) is 1.57. The van der Waals surface area contributed by atoms with Crippen molar-refractivity contribution in [2.24, 2.45) is 17.8 Å². The molecule has 0 aromatic heterocycles. The van der Waals surface area contributed by atoms with Crippen molar-refractivity contribution >= 4 is 0 Å². The average Bonchev–Trinajstić information content (AvgIpc) is 2.00. The first-order chi connectivity index (χ1) is 6.20. The van der Waals surface area contributed by atoms with E-state index in [1.165, 1.54) is 12.8 Å². The van der Waals surface area contributed by atoms with Gasteiger partial charge in [-0.15, -0.1) is 0 Å². The molecule has 2 heteroatoms. The summed E-state index contributed by atoms with van der Waals surface area (Å²) in [5, 5.41) is 10.3. The van der Waals surface area contributed by atoms with Gasteiger partial charge in [0.1, 0.15) is 0 Å². The van der Waals surface area contributed by atoms with Gasteiger partial charge in [-0.25, -0.2) is 0 Å². The van der Waals surface area contributed by atoms with Gasteiger partial charge in [-0.05, 0) is 49.9 Å². The molecular formula is C11H18O2. The summed E-state index contributed by atoms with van der Waals surface area (Å²) in [4.78, 5) is 0. The molecule has 0 radical (unpaired) electrons. The van der Waals surface area contributed by atoms with E-state index in [1.54, 1.807) is 0 Å². The quantitative estimate of drug-likeness (QED) is 0.667. The predicted molar refractivity (Wildman–Crippen MR) is 49.3 cm³/mol. The van der Waals surface area contributed by atoms with Gasteiger partial charge in [0.25, 0.3) is 0 Å². The van der Waals surface area contributed by atoms with Crippen molar-refractivity contribution in [1.29, 1.82) is 0 Å². The van der Waals surface area contributed by atoms with Gasteiger partial charge in [0.2, 0.25) is 0 Å². The van der Waals surface area contributed by atoms with Crippen LogP contribution in [0.2, 0.25) is 0 Å². The van der Waals surface area contributed by atoms with Crippen molar-refractivity contribution in [2.75, 3.05) is 7.11 Å². The minimum Gasteiger partial charge on any atom is -0.390 e.